The van der Waals surface area contributed by atoms with Gasteiger partial charge in [-0.15, -0.1) is 0 Å². The first-order valence-corrected chi connectivity index (χ1v) is 6.21. The summed E-state index contributed by atoms with van der Waals surface area (Å²) in [6, 6.07) is 6.48. The molecule has 0 radical (unpaired) electrons. The van der Waals surface area contributed by atoms with Crippen molar-refractivity contribution in [1.29, 1.82) is 0 Å². The maximum absolute atomic E-state index is 11.2. The van der Waals surface area contributed by atoms with E-state index >= 15 is 0 Å². The van der Waals surface area contributed by atoms with Crippen molar-refractivity contribution in [2.24, 2.45) is 5.92 Å². The molecule has 0 bridgehead atoms. The van der Waals surface area contributed by atoms with Crippen LogP contribution in [0.15, 0.2) is 22.7 Å². The fourth-order valence-electron chi connectivity index (χ4n) is 2.16. The van der Waals surface area contributed by atoms with Crippen molar-refractivity contribution in [2.75, 3.05) is 0 Å². The van der Waals surface area contributed by atoms with Crippen LogP contribution in [0.2, 0.25) is 0 Å². The SMILES string of the molecule is Cc1ccc(CC2CCC(=O)C2)cc1Br. The molecule has 1 unspecified atom stereocenters. The molecule has 80 valence electrons. The van der Waals surface area contributed by atoms with E-state index in [-0.39, 0.29) is 0 Å². The number of carbonyl (C=O) groups is 1. The molecule has 15 heavy (non-hydrogen) atoms. The second kappa shape index (κ2) is 4.48. The molecule has 1 saturated carbocycles. The molecular weight excluding hydrogens is 252 g/mol. The van der Waals surface area contributed by atoms with Gasteiger partial charge in [0.15, 0.2) is 0 Å². The van der Waals surface area contributed by atoms with Gasteiger partial charge in [0.1, 0.15) is 5.78 Å². The summed E-state index contributed by atoms with van der Waals surface area (Å²) in [5, 5.41) is 0. The molecule has 0 aromatic heterocycles. The Hall–Kier alpha value is -0.630. The van der Waals surface area contributed by atoms with Crippen molar-refractivity contribution in [3.05, 3.63) is 33.8 Å². The van der Waals surface area contributed by atoms with Crippen LogP contribution in [0.4, 0.5) is 0 Å². The first kappa shape index (κ1) is 10.9. The average Bonchev–Trinajstić information content (AvgIpc) is 2.58. The molecule has 1 fully saturated rings. The molecule has 1 aromatic carbocycles. The van der Waals surface area contributed by atoms with Crippen molar-refractivity contribution in [3.8, 4) is 0 Å². The molecule has 1 aliphatic carbocycles. The number of halogens is 1. The number of hydrogen-bond donors (Lipinski definition) is 0. The van der Waals surface area contributed by atoms with Crippen molar-refractivity contribution in [3.63, 3.8) is 0 Å². The summed E-state index contributed by atoms with van der Waals surface area (Å²) in [6.07, 6.45) is 3.69. The van der Waals surface area contributed by atoms with Crippen LogP contribution in [0.5, 0.6) is 0 Å². The lowest BCUT2D eigenvalue weighted by molar-refractivity contribution is -0.117. The normalized spacial score (nSPS) is 20.9. The van der Waals surface area contributed by atoms with Gasteiger partial charge < -0.3 is 0 Å². The predicted octanol–water partition coefficient (Wildman–Crippen LogP) is 3.67. The molecule has 1 nitrogen and oxygen atoms in total. The van der Waals surface area contributed by atoms with Crippen LogP contribution in [-0.2, 0) is 11.2 Å². The Morgan fingerprint density at radius 3 is 2.87 bits per heavy atom. The summed E-state index contributed by atoms with van der Waals surface area (Å²) in [7, 11) is 0. The van der Waals surface area contributed by atoms with Crippen LogP contribution >= 0.6 is 15.9 Å². The maximum atomic E-state index is 11.2. The lowest BCUT2D eigenvalue weighted by atomic mass is 9.97. The monoisotopic (exact) mass is 266 g/mol. The summed E-state index contributed by atoms with van der Waals surface area (Å²) in [5.74, 6) is 1.01. The van der Waals surface area contributed by atoms with Crippen LogP contribution < -0.4 is 0 Å². The summed E-state index contributed by atoms with van der Waals surface area (Å²) in [5.41, 5.74) is 2.61. The van der Waals surface area contributed by atoms with E-state index in [1.54, 1.807) is 0 Å². The Bertz CT molecular complexity index is 384. The Labute approximate surface area is 99.0 Å². The molecule has 0 aliphatic heterocycles. The molecule has 0 amide bonds. The highest BCUT2D eigenvalue weighted by atomic mass is 79.9. The predicted molar refractivity (Wildman–Crippen MR) is 64.9 cm³/mol. The molecule has 2 heteroatoms. The summed E-state index contributed by atoms with van der Waals surface area (Å²) in [6.45, 7) is 2.09. The van der Waals surface area contributed by atoms with Gasteiger partial charge in [0.25, 0.3) is 0 Å². The number of aryl methyl sites for hydroxylation is 1. The van der Waals surface area contributed by atoms with Crippen molar-refractivity contribution < 1.29 is 4.79 Å². The third-order valence-electron chi connectivity index (χ3n) is 3.11. The first-order chi connectivity index (χ1) is 7.15. The van der Waals surface area contributed by atoms with E-state index in [4.69, 9.17) is 0 Å². The lowest BCUT2D eigenvalue weighted by Gasteiger charge is -2.09. The zero-order valence-electron chi connectivity index (χ0n) is 8.92. The average molecular weight is 267 g/mol. The molecule has 1 aliphatic rings. The second-order valence-electron chi connectivity index (χ2n) is 4.44. The second-order valence-corrected chi connectivity index (χ2v) is 5.29. The minimum atomic E-state index is 0.436. The number of Topliss-reactive ketones (excluding diaryl/α,β-unsaturated/α-hetero) is 1. The Balaban J connectivity index is 2.05. The van der Waals surface area contributed by atoms with Crippen LogP contribution in [-0.4, -0.2) is 5.78 Å². The number of hydrogen-bond acceptors (Lipinski definition) is 1. The van der Waals surface area contributed by atoms with Gasteiger partial charge in [0.05, 0.1) is 0 Å². The highest BCUT2D eigenvalue weighted by Crippen LogP contribution is 2.27. The first-order valence-electron chi connectivity index (χ1n) is 5.42. The number of rotatable bonds is 2. The molecule has 0 spiro atoms. The third kappa shape index (κ3) is 2.69. The van der Waals surface area contributed by atoms with Gasteiger partial charge in [-0.05, 0) is 42.9 Å². The smallest absolute Gasteiger partial charge is 0.133 e. The zero-order chi connectivity index (χ0) is 10.8. The summed E-state index contributed by atoms with van der Waals surface area (Å²) in [4.78, 5) is 11.2. The maximum Gasteiger partial charge on any atom is 0.133 e. The number of benzene rings is 1. The standard InChI is InChI=1S/C13H15BrO/c1-9-2-3-11(8-13(9)14)6-10-4-5-12(15)7-10/h2-3,8,10H,4-7H2,1H3. The van der Waals surface area contributed by atoms with E-state index in [1.807, 2.05) is 0 Å². The van der Waals surface area contributed by atoms with Gasteiger partial charge in [0, 0.05) is 17.3 Å². The quantitative estimate of drug-likeness (QED) is 0.799. The van der Waals surface area contributed by atoms with Crippen molar-refractivity contribution >= 4 is 21.7 Å². The van der Waals surface area contributed by atoms with E-state index in [0.717, 1.165) is 25.7 Å². The van der Waals surface area contributed by atoms with Crippen LogP contribution in [0.1, 0.15) is 30.4 Å². The van der Waals surface area contributed by atoms with Crippen molar-refractivity contribution in [1.82, 2.24) is 0 Å². The Morgan fingerprint density at radius 1 is 1.47 bits per heavy atom. The minimum absolute atomic E-state index is 0.436. The molecular formula is C13H15BrO. The van der Waals surface area contributed by atoms with Crippen molar-refractivity contribution in [2.45, 2.75) is 32.6 Å². The summed E-state index contributed by atoms with van der Waals surface area (Å²) >= 11 is 3.54. The zero-order valence-corrected chi connectivity index (χ0v) is 10.5. The third-order valence-corrected chi connectivity index (χ3v) is 3.96. The molecule has 2 rings (SSSR count). The topological polar surface area (TPSA) is 17.1 Å². The van der Waals surface area contributed by atoms with E-state index in [9.17, 15) is 4.79 Å². The van der Waals surface area contributed by atoms with Gasteiger partial charge in [-0.3, -0.25) is 4.79 Å². The van der Waals surface area contributed by atoms with E-state index in [0.29, 0.717) is 11.7 Å². The van der Waals surface area contributed by atoms with Gasteiger partial charge in [-0.1, -0.05) is 28.1 Å². The highest BCUT2D eigenvalue weighted by molar-refractivity contribution is 9.10. The minimum Gasteiger partial charge on any atom is -0.300 e. The highest BCUT2D eigenvalue weighted by Gasteiger charge is 2.22. The van der Waals surface area contributed by atoms with Gasteiger partial charge in [-0.2, -0.15) is 0 Å². The molecule has 0 saturated heterocycles. The Morgan fingerprint density at radius 2 is 2.27 bits per heavy atom. The van der Waals surface area contributed by atoms with Crippen LogP contribution in [0, 0.1) is 12.8 Å². The molecule has 0 heterocycles. The molecule has 0 N–H and O–H groups in total. The largest absolute Gasteiger partial charge is 0.300 e. The van der Waals surface area contributed by atoms with Crippen LogP contribution in [0.25, 0.3) is 0 Å². The van der Waals surface area contributed by atoms with Gasteiger partial charge >= 0.3 is 0 Å². The Kier molecular flexibility index (Phi) is 3.25. The van der Waals surface area contributed by atoms with Crippen LogP contribution in [0.3, 0.4) is 0 Å². The molecule has 1 aromatic rings. The molecule has 1 atom stereocenters. The lowest BCUT2D eigenvalue weighted by Crippen LogP contribution is -2.00. The van der Waals surface area contributed by atoms with E-state index in [2.05, 4.69) is 41.1 Å². The van der Waals surface area contributed by atoms with Gasteiger partial charge in [0.2, 0.25) is 0 Å². The number of carbonyl (C=O) groups excluding carboxylic acids is 1. The fourth-order valence-corrected chi connectivity index (χ4v) is 2.59. The summed E-state index contributed by atoms with van der Waals surface area (Å²) < 4.78 is 1.17. The fraction of sp³-hybridized carbons (Fsp3) is 0.462. The van der Waals surface area contributed by atoms with E-state index < -0.39 is 0 Å². The van der Waals surface area contributed by atoms with Gasteiger partial charge in [-0.25, -0.2) is 0 Å². The number of ketones is 1. The van der Waals surface area contributed by atoms with E-state index in [1.165, 1.54) is 15.6 Å².